The Labute approximate surface area is 206 Å². The van der Waals surface area contributed by atoms with Gasteiger partial charge < -0.3 is 14.5 Å². The van der Waals surface area contributed by atoms with Crippen LogP contribution in [0.3, 0.4) is 0 Å². The van der Waals surface area contributed by atoms with Crippen LogP contribution in [-0.4, -0.2) is 16.9 Å². The fourth-order valence-electron chi connectivity index (χ4n) is 4.06. The molecule has 2 heterocycles. The van der Waals surface area contributed by atoms with Crippen LogP contribution < -0.4 is 5.32 Å². The molecule has 1 N–H and O–H groups in total. The predicted octanol–water partition coefficient (Wildman–Crippen LogP) is 6.13. The highest BCUT2D eigenvalue weighted by Crippen LogP contribution is 2.30. The van der Waals surface area contributed by atoms with Crippen LogP contribution in [-0.2, 0) is 33.8 Å². The molecule has 0 bridgehead atoms. The van der Waals surface area contributed by atoms with Crippen LogP contribution in [0.5, 0.6) is 0 Å². The third-order valence-electron chi connectivity index (χ3n) is 5.83. The Hall–Kier alpha value is -3.97. The van der Waals surface area contributed by atoms with Crippen molar-refractivity contribution in [3.05, 3.63) is 93.6 Å². The maximum Gasteiger partial charge on any atom is 0.310 e. The SMILES string of the molecule is Cc1ccc(C)c(NC(=O)Cc2nc(COC(=O)Cc3coc4ccc5ccccc5c34)cs2)c1. The second-order valence-electron chi connectivity index (χ2n) is 8.53. The molecule has 0 atom stereocenters. The highest BCUT2D eigenvalue weighted by Gasteiger charge is 2.15. The van der Waals surface area contributed by atoms with Gasteiger partial charge in [-0.1, -0.05) is 42.5 Å². The molecule has 0 saturated carbocycles. The maximum absolute atomic E-state index is 12.6. The van der Waals surface area contributed by atoms with Crippen molar-refractivity contribution in [3.8, 4) is 0 Å². The molecule has 3 aromatic carbocycles. The smallest absolute Gasteiger partial charge is 0.310 e. The summed E-state index contributed by atoms with van der Waals surface area (Å²) in [4.78, 5) is 29.5. The Morgan fingerprint density at radius 3 is 2.80 bits per heavy atom. The topological polar surface area (TPSA) is 81.4 Å². The summed E-state index contributed by atoms with van der Waals surface area (Å²) in [6.45, 7) is 4.00. The van der Waals surface area contributed by atoms with Gasteiger partial charge in [-0.05, 0) is 47.9 Å². The molecule has 0 aliphatic heterocycles. The van der Waals surface area contributed by atoms with Crippen molar-refractivity contribution in [1.82, 2.24) is 4.98 Å². The van der Waals surface area contributed by atoms with Crippen molar-refractivity contribution in [2.75, 3.05) is 5.32 Å². The molecule has 6 nitrogen and oxygen atoms in total. The number of thiazole rings is 1. The first-order valence-electron chi connectivity index (χ1n) is 11.3. The minimum Gasteiger partial charge on any atom is -0.464 e. The molecule has 0 aliphatic carbocycles. The van der Waals surface area contributed by atoms with E-state index >= 15 is 0 Å². The van der Waals surface area contributed by atoms with Crippen LogP contribution in [0.2, 0.25) is 0 Å². The van der Waals surface area contributed by atoms with Crippen molar-refractivity contribution in [3.63, 3.8) is 0 Å². The number of benzene rings is 3. The molecule has 5 rings (SSSR count). The molecule has 35 heavy (non-hydrogen) atoms. The summed E-state index contributed by atoms with van der Waals surface area (Å²) < 4.78 is 11.1. The average Bonchev–Trinajstić information content (AvgIpc) is 3.47. The second-order valence-corrected chi connectivity index (χ2v) is 9.48. The summed E-state index contributed by atoms with van der Waals surface area (Å²) in [5.41, 5.74) is 5.06. The van der Waals surface area contributed by atoms with E-state index in [1.54, 1.807) is 6.26 Å². The lowest BCUT2D eigenvalue weighted by Gasteiger charge is -2.08. The minimum absolute atomic E-state index is 0.0600. The van der Waals surface area contributed by atoms with Gasteiger partial charge >= 0.3 is 5.97 Å². The van der Waals surface area contributed by atoms with Gasteiger partial charge in [-0.15, -0.1) is 11.3 Å². The number of nitrogens with one attached hydrogen (secondary N) is 1. The summed E-state index contributed by atoms with van der Waals surface area (Å²) >= 11 is 1.38. The monoisotopic (exact) mass is 484 g/mol. The first kappa shape index (κ1) is 22.8. The summed E-state index contributed by atoms with van der Waals surface area (Å²) in [7, 11) is 0. The van der Waals surface area contributed by atoms with Crippen molar-refractivity contribution >= 4 is 50.6 Å². The van der Waals surface area contributed by atoms with Gasteiger partial charge in [0.1, 0.15) is 17.2 Å². The van der Waals surface area contributed by atoms with Crippen molar-refractivity contribution in [1.29, 1.82) is 0 Å². The standard InChI is InChI=1S/C28H24N2O4S/c1-17-7-8-18(2)23(11-17)30-25(31)13-26-29-21(16-35-26)15-34-27(32)12-20-14-33-24-10-9-19-5-3-4-6-22(19)28(20)24/h3-11,14,16H,12-13,15H2,1-2H3,(H,30,31). The lowest BCUT2D eigenvalue weighted by molar-refractivity contribution is -0.144. The largest absolute Gasteiger partial charge is 0.464 e. The number of fused-ring (bicyclic) bond motifs is 3. The van der Waals surface area contributed by atoms with Gasteiger partial charge in [0, 0.05) is 22.0 Å². The van der Waals surface area contributed by atoms with Gasteiger partial charge in [0.2, 0.25) is 5.91 Å². The molecule has 0 radical (unpaired) electrons. The van der Waals surface area contributed by atoms with Crippen molar-refractivity contribution in [2.24, 2.45) is 0 Å². The number of hydrogen-bond acceptors (Lipinski definition) is 6. The van der Waals surface area contributed by atoms with Gasteiger partial charge in [0.15, 0.2) is 0 Å². The molecule has 7 heteroatoms. The Balaban J connectivity index is 1.19. The average molecular weight is 485 g/mol. The van der Waals surface area contributed by atoms with Gasteiger partial charge in [0.25, 0.3) is 0 Å². The highest BCUT2D eigenvalue weighted by atomic mass is 32.1. The number of aromatic nitrogens is 1. The molecule has 0 aliphatic rings. The van der Waals surface area contributed by atoms with Gasteiger partial charge in [-0.3, -0.25) is 9.59 Å². The van der Waals surface area contributed by atoms with E-state index in [1.807, 2.05) is 73.8 Å². The number of furan rings is 1. The number of anilines is 1. The van der Waals surface area contributed by atoms with Gasteiger partial charge in [0.05, 0.1) is 24.8 Å². The summed E-state index contributed by atoms with van der Waals surface area (Å²) in [6.07, 6.45) is 1.89. The second kappa shape index (κ2) is 9.72. The van der Waals surface area contributed by atoms with E-state index in [9.17, 15) is 9.59 Å². The third kappa shape index (κ3) is 5.10. The number of aryl methyl sites for hydroxylation is 2. The van der Waals surface area contributed by atoms with E-state index in [-0.39, 0.29) is 31.3 Å². The lowest BCUT2D eigenvalue weighted by atomic mass is 10.0. The Kier molecular flexibility index (Phi) is 6.33. The highest BCUT2D eigenvalue weighted by molar-refractivity contribution is 7.09. The van der Waals surface area contributed by atoms with Crippen molar-refractivity contribution < 1.29 is 18.7 Å². The summed E-state index contributed by atoms with van der Waals surface area (Å²) in [6, 6.07) is 17.9. The minimum atomic E-state index is -0.358. The van der Waals surface area contributed by atoms with Crippen molar-refractivity contribution in [2.45, 2.75) is 33.3 Å². The normalized spacial score (nSPS) is 11.1. The Morgan fingerprint density at radius 2 is 1.91 bits per heavy atom. The third-order valence-corrected chi connectivity index (χ3v) is 6.73. The number of carbonyl (C=O) groups is 2. The van der Waals surface area contributed by atoms with Crippen LogP contribution in [0, 0.1) is 13.8 Å². The van der Waals surface area contributed by atoms with E-state index in [4.69, 9.17) is 9.15 Å². The molecular weight excluding hydrogens is 460 g/mol. The zero-order valence-corrected chi connectivity index (χ0v) is 20.3. The number of amides is 1. The molecule has 5 aromatic rings. The Morgan fingerprint density at radius 1 is 1.06 bits per heavy atom. The predicted molar refractivity (Wildman–Crippen MR) is 138 cm³/mol. The number of nitrogens with zero attached hydrogens (tertiary/aromatic N) is 1. The number of rotatable bonds is 7. The number of ether oxygens (including phenoxy) is 1. The van der Waals surface area contributed by atoms with E-state index in [2.05, 4.69) is 10.3 Å². The van der Waals surface area contributed by atoms with E-state index < -0.39 is 0 Å². The van der Waals surface area contributed by atoms with Gasteiger partial charge in [-0.2, -0.15) is 0 Å². The molecule has 1 amide bonds. The van der Waals surface area contributed by atoms with Crippen LogP contribution in [0.15, 0.2) is 70.7 Å². The van der Waals surface area contributed by atoms with Crippen LogP contribution in [0.1, 0.15) is 27.4 Å². The quantitative estimate of drug-likeness (QED) is 0.281. The zero-order chi connectivity index (χ0) is 24.4. The molecule has 176 valence electrons. The first-order chi connectivity index (χ1) is 17.0. The molecule has 0 unspecified atom stereocenters. The van der Waals surface area contributed by atoms with Crippen LogP contribution in [0.25, 0.3) is 21.7 Å². The molecule has 0 spiro atoms. The van der Waals surface area contributed by atoms with E-state index in [0.717, 1.165) is 44.1 Å². The first-order valence-corrected chi connectivity index (χ1v) is 12.2. The molecule has 0 fully saturated rings. The fourth-order valence-corrected chi connectivity index (χ4v) is 4.84. The number of hydrogen-bond donors (Lipinski definition) is 1. The molecular formula is C28H24N2O4S. The zero-order valence-electron chi connectivity index (χ0n) is 19.5. The maximum atomic E-state index is 12.6. The number of esters is 1. The van der Waals surface area contributed by atoms with Crippen LogP contribution >= 0.6 is 11.3 Å². The fraction of sp³-hybridized carbons (Fsp3) is 0.179. The molecule has 2 aromatic heterocycles. The lowest BCUT2D eigenvalue weighted by Crippen LogP contribution is -2.15. The molecule has 0 saturated heterocycles. The van der Waals surface area contributed by atoms with Gasteiger partial charge in [-0.25, -0.2) is 4.98 Å². The Bertz CT molecular complexity index is 1550. The van der Waals surface area contributed by atoms with Crippen LogP contribution in [0.4, 0.5) is 5.69 Å². The summed E-state index contributed by atoms with van der Waals surface area (Å²) in [5, 5.41) is 8.50. The number of carbonyl (C=O) groups excluding carboxylic acids is 2. The summed E-state index contributed by atoms with van der Waals surface area (Å²) in [5.74, 6) is -0.487. The van der Waals surface area contributed by atoms with E-state index in [1.165, 1.54) is 11.3 Å². The van der Waals surface area contributed by atoms with E-state index in [0.29, 0.717) is 10.7 Å².